The van der Waals surface area contributed by atoms with Gasteiger partial charge in [0.05, 0.1) is 5.69 Å². The van der Waals surface area contributed by atoms with Crippen LogP contribution in [0, 0.1) is 5.82 Å². The Hall–Kier alpha value is -3.06. The van der Waals surface area contributed by atoms with Crippen molar-refractivity contribution in [1.82, 2.24) is 9.88 Å². The number of benzene rings is 2. The van der Waals surface area contributed by atoms with Gasteiger partial charge in [-0.25, -0.2) is 9.37 Å². The fourth-order valence-electron chi connectivity index (χ4n) is 3.11. The fraction of sp³-hybridized carbons (Fsp3) is 0.190. The number of aromatic nitrogens is 1. The molecule has 142 valence electrons. The fourth-order valence-corrected chi connectivity index (χ4v) is 3.82. The molecule has 7 heteroatoms. The lowest BCUT2D eigenvalue weighted by Crippen LogP contribution is -2.23. The molecule has 5 nitrogen and oxygen atoms in total. The number of nitrogens with one attached hydrogen (secondary N) is 1. The summed E-state index contributed by atoms with van der Waals surface area (Å²) in [5.41, 5.74) is 3.00. The Morgan fingerprint density at radius 1 is 1.14 bits per heavy atom. The van der Waals surface area contributed by atoms with E-state index >= 15 is 0 Å². The second-order valence-corrected chi connectivity index (χ2v) is 7.47. The molecule has 0 bridgehead atoms. The summed E-state index contributed by atoms with van der Waals surface area (Å²) in [6, 6.07) is 13.3. The molecule has 1 fully saturated rings. The first-order chi connectivity index (χ1) is 13.6. The summed E-state index contributed by atoms with van der Waals surface area (Å²) >= 11 is 1.32. The number of nitrogens with zero attached hydrogens (tertiary/aromatic N) is 2. The van der Waals surface area contributed by atoms with E-state index in [1.165, 1.54) is 23.5 Å². The Kier molecular flexibility index (Phi) is 5.16. The average molecular weight is 395 g/mol. The van der Waals surface area contributed by atoms with Crippen LogP contribution < -0.4 is 5.32 Å². The van der Waals surface area contributed by atoms with Gasteiger partial charge >= 0.3 is 0 Å². The van der Waals surface area contributed by atoms with Gasteiger partial charge < -0.3 is 4.90 Å². The van der Waals surface area contributed by atoms with Crippen LogP contribution in [-0.2, 0) is 11.3 Å². The molecular formula is C21H18FN3O2S. The van der Waals surface area contributed by atoms with Crippen LogP contribution in [0.2, 0.25) is 0 Å². The number of halogens is 1. The molecule has 0 radical (unpaired) electrons. The van der Waals surface area contributed by atoms with Crippen molar-refractivity contribution in [2.75, 3.05) is 11.9 Å². The maximum atomic E-state index is 13.0. The Balaban J connectivity index is 1.39. The summed E-state index contributed by atoms with van der Waals surface area (Å²) in [6.07, 6.45) is 1.53. The zero-order valence-corrected chi connectivity index (χ0v) is 15.8. The lowest BCUT2D eigenvalue weighted by molar-refractivity contribution is -0.128. The van der Waals surface area contributed by atoms with Crippen LogP contribution in [0.5, 0.6) is 0 Å². The first kappa shape index (κ1) is 18.3. The summed E-state index contributed by atoms with van der Waals surface area (Å²) < 4.78 is 13.0. The minimum absolute atomic E-state index is 0.183. The van der Waals surface area contributed by atoms with Gasteiger partial charge in [0, 0.05) is 36.0 Å². The van der Waals surface area contributed by atoms with Crippen molar-refractivity contribution in [1.29, 1.82) is 0 Å². The number of rotatable bonds is 5. The number of thiazole rings is 1. The lowest BCUT2D eigenvalue weighted by atomic mass is 10.1. The number of hydrogen-bond acceptors (Lipinski definition) is 4. The molecule has 0 unspecified atom stereocenters. The smallest absolute Gasteiger partial charge is 0.257 e. The van der Waals surface area contributed by atoms with Crippen molar-refractivity contribution in [3.05, 3.63) is 70.9 Å². The van der Waals surface area contributed by atoms with Gasteiger partial charge in [-0.1, -0.05) is 12.1 Å². The van der Waals surface area contributed by atoms with Gasteiger partial charge in [-0.15, -0.1) is 11.3 Å². The molecule has 2 amide bonds. The highest BCUT2D eigenvalue weighted by Crippen LogP contribution is 2.25. The number of amides is 2. The Morgan fingerprint density at radius 3 is 2.57 bits per heavy atom. The van der Waals surface area contributed by atoms with Gasteiger partial charge in [0.15, 0.2) is 5.13 Å². The molecule has 4 rings (SSSR count). The Labute approximate surface area is 165 Å². The van der Waals surface area contributed by atoms with E-state index in [2.05, 4.69) is 10.3 Å². The largest absolute Gasteiger partial charge is 0.338 e. The maximum Gasteiger partial charge on any atom is 0.257 e. The minimum atomic E-state index is -0.301. The molecule has 1 aliphatic rings. The van der Waals surface area contributed by atoms with E-state index < -0.39 is 0 Å². The van der Waals surface area contributed by atoms with Crippen LogP contribution in [-0.4, -0.2) is 28.2 Å². The molecule has 2 aromatic carbocycles. The van der Waals surface area contributed by atoms with E-state index in [0.29, 0.717) is 29.4 Å². The standard InChI is InChI=1S/C21H18FN3O2S/c22-17-9-7-15(8-10-17)18-13-28-21(23-18)24-20(27)16-5-3-14(4-6-16)12-25-11-1-2-19(25)26/h3-10,13H,1-2,11-12H2,(H,23,24,27). The molecule has 1 saturated heterocycles. The van der Waals surface area contributed by atoms with E-state index in [-0.39, 0.29) is 17.6 Å². The third kappa shape index (κ3) is 4.09. The summed E-state index contributed by atoms with van der Waals surface area (Å²) in [5.74, 6) is -0.364. The molecule has 3 aromatic rings. The van der Waals surface area contributed by atoms with Crippen LogP contribution in [0.25, 0.3) is 11.3 Å². The van der Waals surface area contributed by atoms with E-state index in [9.17, 15) is 14.0 Å². The van der Waals surface area contributed by atoms with Gasteiger partial charge in [0.25, 0.3) is 5.91 Å². The lowest BCUT2D eigenvalue weighted by Gasteiger charge is -2.15. The van der Waals surface area contributed by atoms with E-state index in [0.717, 1.165) is 24.1 Å². The highest BCUT2D eigenvalue weighted by molar-refractivity contribution is 7.14. The molecule has 1 aromatic heterocycles. The van der Waals surface area contributed by atoms with Crippen molar-refractivity contribution in [2.45, 2.75) is 19.4 Å². The summed E-state index contributed by atoms with van der Waals surface area (Å²) in [4.78, 5) is 30.4. The van der Waals surface area contributed by atoms with Crippen LogP contribution >= 0.6 is 11.3 Å². The van der Waals surface area contributed by atoms with Crippen LogP contribution in [0.15, 0.2) is 53.9 Å². The molecule has 0 atom stereocenters. The summed E-state index contributed by atoms with van der Waals surface area (Å²) in [7, 11) is 0. The van der Waals surface area contributed by atoms with Gasteiger partial charge in [-0.05, 0) is 48.4 Å². The molecule has 0 saturated carbocycles. The molecule has 1 aliphatic heterocycles. The molecule has 0 spiro atoms. The van der Waals surface area contributed by atoms with E-state index in [1.807, 2.05) is 22.4 Å². The Morgan fingerprint density at radius 2 is 1.89 bits per heavy atom. The third-order valence-corrected chi connectivity index (χ3v) is 5.38. The molecule has 1 N–H and O–H groups in total. The summed E-state index contributed by atoms with van der Waals surface area (Å²) in [6.45, 7) is 1.37. The number of carbonyl (C=O) groups excluding carboxylic acids is 2. The SMILES string of the molecule is O=C(Nc1nc(-c2ccc(F)cc2)cs1)c1ccc(CN2CCCC2=O)cc1. The molecular weight excluding hydrogens is 377 g/mol. The van der Waals surface area contributed by atoms with Gasteiger partial charge in [-0.2, -0.15) is 0 Å². The van der Waals surface area contributed by atoms with Crippen molar-refractivity contribution < 1.29 is 14.0 Å². The number of hydrogen-bond donors (Lipinski definition) is 1. The predicted molar refractivity (Wildman–Crippen MR) is 107 cm³/mol. The zero-order chi connectivity index (χ0) is 19.5. The second-order valence-electron chi connectivity index (χ2n) is 6.61. The Bertz CT molecular complexity index is 999. The zero-order valence-electron chi connectivity index (χ0n) is 15.0. The first-order valence-electron chi connectivity index (χ1n) is 8.98. The number of anilines is 1. The van der Waals surface area contributed by atoms with E-state index in [4.69, 9.17) is 0 Å². The van der Waals surface area contributed by atoms with Gasteiger partial charge in [0.2, 0.25) is 5.91 Å². The van der Waals surface area contributed by atoms with Crippen molar-refractivity contribution >= 4 is 28.3 Å². The van der Waals surface area contributed by atoms with Gasteiger partial charge in [-0.3, -0.25) is 14.9 Å². The molecule has 2 heterocycles. The van der Waals surface area contributed by atoms with Crippen LogP contribution in [0.1, 0.15) is 28.8 Å². The summed E-state index contributed by atoms with van der Waals surface area (Å²) in [5, 5.41) is 5.09. The van der Waals surface area contributed by atoms with Gasteiger partial charge in [0.1, 0.15) is 5.82 Å². The van der Waals surface area contributed by atoms with Crippen LogP contribution in [0.3, 0.4) is 0 Å². The van der Waals surface area contributed by atoms with Crippen LogP contribution in [0.4, 0.5) is 9.52 Å². The topological polar surface area (TPSA) is 62.3 Å². The van der Waals surface area contributed by atoms with Crippen molar-refractivity contribution in [3.63, 3.8) is 0 Å². The number of likely N-dealkylation sites (tertiary alicyclic amines) is 1. The normalized spacial score (nSPS) is 13.8. The highest BCUT2D eigenvalue weighted by Gasteiger charge is 2.20. The predicted octanol–water partition coefficient (Wildman–Crippen LogP) is 4.32. The minimum Gasteiger partial charge on any atom is -0.338 e. The average Bonchev–Trinajstić information content (AvgIpc) is 3.32. The second kappa shape index (κ2) is 7.90. The van der Waals surface area contributed by atoms with Crippen molar-refractivity contribution in [3.8, 4) is 11.3 Å². The number of carbonyl (C=O) groups is 2. The molecule has 28 heavy (non-hydrogen) atoms. The molecule has 0 aliphatic carbocycles. The van der Waals surface area contributed by atoms with Crippen molar-refractivity contribution in [2.24, 2.45) is 0 Å². The van der Waals surface area contributed by atoms with E-state index in [1.54, 1.807) is 24.3 Å². The maximum absolute atomic E-state index is 13.0. The first-order valence-corrected chi connectivity index (χ1v) is 9.86. The monoisotopic (exact) mass is 395 g/mol. The quantitative estimate of drug-likeness (QED) is 0.700. The highest BCUT2D eigenvalue weighted by atomic mass is 32.1. The third-order valence-electron chi connectivity index (χ3n) is 4.63.